The number of aryl methyl sites for hydroxylation is 1. The zero-order valence-corrected chi connectivity index (χ0v) is 13.9. The third kappa shape index (κ3) is 3.85. The number of rotatable bonds is 2. The first-order chi connectivity index (χ1) is 12.3. The Morgan fingerprint density at radius 1 is 0.960 bits per heavy atom. The predicted octanol–water partition coefficient (Wildman–Crippen LogP) is 4.39. The van der Waals surface area contributed by atoms with Crippen LogP contribution in [-0.4, -0.2) is 14.4 Å². The van der Waals surface area contributed by atoms with Crippen molar-refractivity contribution < 1.29 is 0 Å². The Hall–Kier alpha value is -3.58. The summed E-state index contributed by atoms with van der Waals surface area (Å²) in [6.45, 7) is 2.00. The van der Waals surface area contributed by atoms with Gasteiger partial charge >= 0.3 is 0 Å². The third-order valence-electron chi connectivity index (χ3n) is 3.61. The van der Waals surface area contributed by atoms with Crippen molar-refractivity contribution in [2.24, 2.45) is 0 Å². The number of terminal acetylenes is 1. The van der Waals surface area contributed by atoms with Crippen molar-refractivity contribution in [2.45, 2.75) is 6.92 Å². The van der Waals surface area contributed by atoms with Gasteiger partial charge in [0.15, 0.2) is 0 Å². The largest absolute Gasteiger partial charge is 0.300 e. The maximum absolute atomic E-state index is 5.18. The molecule has 4 rings (SSSR count). The van der Waals surface area contributed by atoms with E-state index in [0.29, 0.717) is 5.82 Å². The number of nitrogens with one attached hydrogen (secondary N) is 1. The molecule has 0 radical (unpaired) electrons. The van der Waals surface area contributed by atoms with Crippen molar-refractivity contribution in [1.29, 1.82) is 0 Å². The Morgan fingerprint density at radius 2 is 1.68 bits per heavy atom. The van der Waals surface area contributed by atoms with Crippen LogP contribution in [0.3, 0.4) is 0 Å². The van der Waals surface area contributed by atoms with E-state index in [1.54, 1.807) is 6.20 Å². The molecule has 0 bridgehead atoms. The molecule has 0 aliphatic heterocycles. The Balaban J connectivity index is 0.000000258. The SMILES string of the molecule is C#CNc1ccc(-c2c(C)nc3ccccn23)cn1.c1ccccc1. The minimum Gasteiger partial charge on any atom is -0.300 e. The maximum Gasteiger partial charge on any atom is 0.137 e. The molecule has 0 saturated heterocycles. The number of anilines is 1. The molecular weight excluding hydrogens is 308 g/mol. The monoisotopic (exact) mass is 326 g/mol. The topological polar surface area (TPSA) is 42.2 Å². The highest BCUT2D eigenvalue weighted by atomic mass is 15.0. The molecule has 0 amide bonds. The lowest BCUT2D eigenvalue weighted by atomic mass is 10.2. The van der Waals surface area contributed by atoms with Gasteiger partial charge in [0.05, 0.1) is 11.4 Å². The molecule has 3 heterocycles. The lowest BCUT2D eigenvalue weighted by Crippen LogP contribution is -1.93. The fraction of sp³-hybridized carbons (Fsp3) is 0.0476. The second kappa shape index (κ2) is 7.80. The first-order valence-electron chi connectivity index (χ1n) is 7.91. The molecular formula is C21H18N4. The van der Waals surface area contributed by atoms with Crippen molar-refractivity contribution in [1.82, 2.24) is 14.4 Å². The summed E-state index contributed by atoms with van der Waals surface area (Å²) in [4.78, 5) is 8.81. The Bertz CT molecular complexity index is 953. The van der Waals surface area contributed by atoms with E-state index < -0.39 is 0 Å². The van der Waals surface area contributed by atoms with Crippen LogP contribution in [0.2, 0.25) is 0 Å². The molecule has 0 fully saturated rings. The molecule has 0 aliphatic carbocycles. The lowest BCUT2D eigenvalue weighted by molar-refractivity contribution is 1.18. The Kier molecular flexibility index (Phi) is 5.08. The summed E-state index contributed by atoms with van der Waals surface area (Å²) in [5, 5.41) is 2.73. The van der Waals surface area contributed by atoms with Crippen LogP contribution in [0.1, 0.15) is 5.69 Å². The van der Waals surface area contributed by atoms with E-state index in [0.717, 1.165) is 22.6 Å². The highest BCUT2D eigenvalue weighted by Crippen LogP contribution is 2.24. The molecule has 0 saturated carbocycles. The summed E-state index contributed by atoms with van der Waals surface area (Å²) in [7, 11) is 0. The number of hydrogen-bond acceptors (Lipinski definition) is 3. The van der Waals surface area contributed by atoms with Gasteiger partial charge in [0.2, 0.25) is 0 Å². The van der Waals surface area contributed by atoms with Gasteiger partial charge in [-0.2, -0.15) is 0 Å². The molecule has 0 unspecified atom stereocenters. The van der Waals surface area contributed by atoms with Gasteiger partial charge in [0.1, 0.15) is 11.5 Å². The van der Waals surface area contributed by atoms with Crippen molar-refractivity contribution in [3.8, 4) is 23.7 Å². The average molecular weight is 326 g/mol. The second-order valence-corrected chi connectivity index (χ2v) is 5.33. The summed E-state index contributed by atoms with van der Waals surface area (Å²) < 4.78 is 2.06. The standard InChI is InChI=1S/C15H12N4.C6H6/c1-3-16-13-8-7-12(10-17-13)15-11(2)18-14-6-4-5-9-19(14)15;1-2-4-6-5-3-1/h1,4-10H,2H3,(H,16,17);1-6H. The summed E-state index contributed by atoms with van der Waals surface area (Å²) >= 11 is 0. The van der Waals surface area contributed by atoms with Crippen LogP contribution in [0.4, 0.5) is 5.82 Å². The van der Waals surface area contributed by atoms with Gasteiger partial charge in [0, 0.05) is 24.0 Å². The van der Waals surface area contributed by atoms with Gasteiger partial charge < -0.3 is 0 Å². The fourth-order valence-corrected chi connectivity index (χ4v) is 2.53. The molecule has 25 heavy (non-hydrogen) atoms. The smallest absolute Gasteiger partial charge is 0.137 e. The van der Waals surface area contributed by atoms with Gasteiger partial charge in [-0.3, -0.25) is 9.72 Å². The summed E-state index contributed by atoms with van der Waals surface area (Å²) in [5.41, 5.74) is 3.97. The predicted molar refractivity (Wildman–Crippen MR) is 102 cm³/mol. The van der Waals surface area contributed by atoms with Crippen LogP contribution in [0.5, 0.6) is 0 Å². The van der Waals surface area contributed by atoms with Crippen LogP contribution in [0.15, 0.2) is 79.1 Å². The van der Waals surface area contributed by atoms with Gasteiger partial charge in [0.25, 0.3) is 0 Å². The van der Waals surface area contributed by atoms with Gasteiger partial charge in [-0.15, -0.1) is 0 Å². The van der Waals surface area contributed by atoms with Crippen molar-refractivity contribution in [2.75, 3.05) is 5.32 Å². The minimum atomic E-state index is 0.665. The third-order valence-corrected chi connectivity index (χ3v) is 3.61. The molecule has 0 atom stereocenters. The van der Waals surface area contributed by atoms with E-state index in [2.05, 4.69) is 25.7 Å². The molecule has 1 aromatic carbocycles. The van der Waals surface area contributed by atoms with Gasteiger partial charge in [-0.05, 0) is 31.2 Å². The van der Waals surface area contributed by atoms with Crippen LogP contribution in [-0.2, 0) is 0 Å². The second-order valence-electron chi connectivity index (χ2n) is 5.33. The van der Waals surface area contributed by atoms with Crippen molar-refractivity contribution >= 4 is 11.5 Å². The highest BCUT2D eigenvalue weighted by molar-refractivity contribution is 5.67. The van der Waals surface area contributed by atoms with Crippen molar-refractivity contribution in [3.63, 3.8) is 0 Å². The first kappa shape index (κ1) is 16.3. The molecule has 4 aromatic rings. The van der Waals surface area contributed by atoms with Crippen LogP contribution in [0, 0.1) is 19.4 Å². The molecule has 4 heteroatoms. The number of imidazole rings is 1. The van der Waals surface area contributed by atoms with E-state index in [1.807, 2.05) is 79.9 Å². The normalized spacial score (nSPS) is 9.76. The number of hydrogen-bond donors (Lipinski definition) is 1. The van der Waals surface area contributed by atoms with E-state index >= 15 is 0 Å². The van der Waals surface area contributed by atoms with E-state index in [4.69, 9.17) is 6.42 Å². The summed E-state index contributed by atoms with van der Waals surface area (Å²) in [6.07, 6.45) is 8.97. The number of nitrogens with zero attached hydrogens (tertiary/aromatic N) is 3. The molecule has 0 spiro atoms. The van der Waals surface area contributed by atoms with Crippen LogP contribution < -0.4 is 5.32 Å². The van der Waals surface area contributed by atoms with Crippen molar-refractivity contribution in [3.05, 3.63) is 84.8 Å². The number of benzene rings is 1. The molecule has 0 aliphatic rings. The number of aromatic nitrogens is 3. The van der Waals surface area contributed by atoms with Crippen LogP contribution in [0.25, 0.3) is 16.9 Å². The minimum absolute atomic E-state index is 0.665. The maximum atomic E-state index is 5.18. The van der Waals surface area contributed by atoms with Gasteiger partial charge in [-0.1, -0.05) is 48.9 Å². The highest BCUT2D eigenvalue weighted by Gasteiger charge is 2.10. The summed E-state index contributed by atoms with van der Waals surface area (Å²) in [6, 6.07) is 24.1. The summed E-state index contributed by atoms with van der Waals surface area (Å²) in [5.74, 6) is 0.665. The zero-order valence-electron chi connectivity index (χ0n) is 13.9. The fourth-order valence-electron chi connectivity index (χ4n) is 2.53. The zero-order chi connectivity index (χ0) is 17.5. The van der Waals surface area contributed by atoms with Gasteiger partial charge in [-0.25, -0.2) is 9.97 Å². The number of fused-ring (bicyclic) bond motifs is 1. The Labute approximate surface area is 147 Å². The Morgan fingerprint density at radius 3 is 2.28 bits per heavy atom. The molecule has 122 valence electrons. The average Bonchev–Trinajstić information content (AvgIpc) is 3.00. The molecule has 3 aromatic heterocycles. The molecule has 4 nitrogen and oxygen atoms in total. The first-order valence-corrected chi connectivity index (χ1v) is 7.91. The number of pyridine rings is 2. The van der Waals surface area contributed by atoms with E-state index in [1.165, 1.54) is 0 Å². The quantitative estimate of drug-likeness (QED) is 0.439. The van der Waals surface area contributed by atoms with Crippen LogP contribution >= 0.6 is 0 Å². The lowest BCUT2D eigenvalue weighted by Gasteiger charge is -2.04. The molecule has 1 N–H and O–H groups in total. The van der Waals surface area contributed by atoms with E-state index in [-0.39, 0.29) is 0 Å². The van der Waals surface area contributed by atoms with E-state index in [9.17, 15) is 0 Å².